The van der Waals surface area contributed by atoms with E-state index >= 15 is 0 Å². The maximum atomic E-state index is 5.53. The van der Waals surface area contributed by atoms with Gasteiger partial charge in [-0.05, 0) is 33.0 Å². The molecule has 0 aliphatic rings. The minimum Gasteiger partial charge on any atom is -0.388 e. The van der Waals surface area contributed by atoms with Crippen molar-refractivity contribution in [1.82, 2.24) is 9.88 Å². The average Bonchev–Trinajstić information content (AvgIpc) is 2.29. The molecule has 0 saturated carbocycles. The molecule has 0 spiro atoms. The molecule has 0 unspecified atom stereocenters. The first-order valence-corrected chi connectivity index (χ1v) is 6.12. The van der Waals surface area contributed by atoms with Gasteiger partial charge in [-0.25, -0.2) is 4.98 Å². The zero-order chi connectivity index (χ0) is 12.8. The van der Waals surface area contributed by atoms with E-state index in [9.17, 15) is 0 Å². The molecule has 1 aromatic heterocycles. The highest BCUT2D eigenvalue weighted by atomic mass is 32.1. The molecular formula is C12H20N4S. The number of nitrogens with zero attached hydrogens (tertiary/aromatic N) is 2. The van der Waals surface area contributed by atoms with Crippen molar-refractivity contribution < 1.29 is 0 Å². The van der Waals surface area contributed by atoms with Gasteiger partial charge in [0.25, 0.3) is 0 Å². The molecule has 0 atom stereocenters. The van der Waals surface area contributed by atoms with Crippen molar-refractivity contribution in [2.24, 2.45) is 5.73 Å². The summed E-state index contributed by atoms with van der Waals surface area (Å²) in [4.78, 5) is 6.91. The molecule has 1 rings (SSSR count). The van der Waals surface area contributed by atoms with Crippen molar-refractivity contribution >= 4 is 23.0 Å². The maximum absolute atomic E-state index is 5.53. The molecule has 17 heavy (non-hydrogen) atoms. The summed E-state index contributed by atoms with van der Waals surface area (Å²) in [6.45, 7) is 6.16. The predicted molar refractivity (Wildman–Crippen MR) is 76.4 cm³/mol. The summed E-state index contributed by atoms with van der Waals surface area (Å²) in [6, 6.07) is 6.17. The Bertz CT molecular complexity index is 379. The quantitative estimate of drug-likeness (QED) is 0.751. The fraction of sp³-hybridized carbons (Fsp3) is 0.500. The zero-order valence-corrected chi connectivity index (χ0v) is 11.4. The van der Waals surface area contributed by atoms with E-state index in [4.69, 9.17) is 18.0 Å². The molecular weight excluding hydrogens is 232 g/mol. The molecule has 3 N–H and O–H groups in total. The predicted octanol–water partition coefficient (Wildman–Crippen LogP) is 1.47. The molecule has 0 saturated heterocycles. The second-order valence-corrected chi connectivity index (χ2v) is 4.71. The number of likely N-dealkylation sites (N-methyl/N-ethyl adjacent to an activating group) is 1. The first-order valence-electron chi connectivity index (χ1n) is 5.71. The minimum absolute atomic E-state index is 0.327. The van der Waals surface area contributed by atoms with Gasteiger partial charge >= 0.3 is 0 Å². The van der Waals surface area contributed by atoms with Gasteiger partial charge in [0.1, 0.15) is 10.8 Å². The van der Waals surface area contributed by atoms with Gasteiger partial charge in [0, 0.05) is 19.1 Å². The van der Waals surface area contributed by atoms with Crippen LogP contribution >= 0.6 is 12.2 Å². The van der Waals surface area contributed by atoms with Crippen LogP contribution in [0.4, 0.5) is 5.82 Å². The van der Waals surface area contributed by atoms with E-state index in [0.29, 0.717) is 16.7 Å². The van der Waals surface area contributed by atoms with E-state index in [1.807, 2.05) is 18.2 Å². The van der Waals surface area contributed by atoms with E-state index in [1.54, 1.807) is 0 Å². The number of hydrogen-bond donors (Lipinski definition) is 2. The molecule has 5 heteroatoms. The number of hydrogen-bond acceptors (Lipinski definition) is 4. The molecule has 0 amide bonds. The average molecular weight is 252 g/mol. The van der Waals surface area contributed by atoms with Gasteiger partial charge in [-0.3, -0.25) is 0 Å². The van der Waals surface area contributed by atoms with Gasteiger partial charge in [0.05, 0.1) is 5.69 Å². The van der Waals surface area contributed by atoms with Crippen molar-refractivity contribution in [3.63, 3.8) is 0 Å². The molecule has 0 aliphatic carbocycles. The van der Waals surface area contributed by atoms with Crippen LogP contribution in [0.5, 0.6) is 0 Å². The zero-order valence-electron chi connectivity index (χ0n) is 10.6. The molecule has 0 fully saturated rings. The monoisotopic (exact) mass is 252 g/mol. The Balaban J connectivity index is 2.47. The summed E-state index contributed by atoms with van der Waals surface area (Å²) in [6.07, 6.45) is 0. The van der Waals surface area contributed by atoms with Gasteiger partial charge in [0.15, 0.2) is 0 Å². The van der Waals surface area contributed by atoms with Crippen molar-refractivity contribution in [2.75, 3.05) is 25.5 Å². The van der Waals surface area contributed by atoms with Crippen LogP contribution in [0.15, 0.2) is 18.2 Å². The third-order valence-electron chi connectivity index (χ3n) is 2.65. The molecule has 94 valence electrons. The Labute approximate surface area is 108 Å². The number of nitrogens with one attached hydrogen (secondary N) is 1. The van der Waals surface area contributed by atoms with Crippen LogP contribution in [0.3, 0.4) is 0 Å². The molecule has 0 bridgehead atoms. The van der Waals surface area contributed by atoms with E-state index in [2.05, 4.69) is 36.1 Å². The van der Waals surface area contributed by atoms with Crippen LogP contribution in [0.25, 0.3) is 0 Å². The fourth-order valence-electron chi connectivity index (χ4n) is 1.29. The lowest BCUT2D eigenvalue weighted by Crippen LogP contribution is -2.31. The van der Waals surface area contributed by atoms with Gasteiger partial charge in [-0.1, -0.05) is 18.3 Å². The SMILES string of the molecule is CC(C)N(C)CCNc1cccc(C(N)=S)n1. The van der Waals surface area contributed by atoms with Crippen LogP contribution in [0.1, 0.15) is 19.5 Å². The number of pyridine rings is 1. The summed E-state index contributed by atoms with van der Waals surface area (Å²) < 4.78 is 0. The molecule has 4 nitrogen and oxygen atoms in total. The largest absolute Gasteiger partial charge is 0.388 e. The Kier molecular flexibility index (Phi) is 5.31. The van der Waals surface area contributed by atoms with Crippen molar-refractivity contribution in [3.8, 4) is 0 Å². The second-order valence-electron chi connectivity index (χ2n) is 4.27. The summed E-state index contributed by atoms with van der Waals surface area (Å²) in [5, 5.41) is 3.26. The van der Waals surface area contributed by atoms with Crippen LogP contribution in [0.2, 0.25) is 0 Å². The van der Waals surface area contributed by atoms with Crippen LogP contribution in [0, 0.1) is 0 Å². The van der Waals surface area contributed by atoms with Crippen LogP contribution in [-0.4, -0.2) is 41.1 Å². The van der Waals surface area contributed by atoms with Crippen LogP contribution < -0.4 is 11.1 Å². The summed E-state index contributed by atoms with van der Waals surface area (Å²) in [5.74, 6) is 0.812. The highest BCUT2D eigenvalue weighted by Crippen LogP contribution is 2.04. The lowest BCUT2D eigenvalue weighted by molar-refractivity contribution is 0.284. The molecule has 1 aromatic rings. The van der Waals surface area contributed by atoms with Gasteiger partial charge in [-0.15, -0.1) is 0 Å². The first kappa shape index (κ1) is 13.9. The normalized spacial score (nSPS) is 10.9. The second kappa shape index (κ2) is 6.51. The molecule has 0 radical (unpaired) electrons. The Morgan fingerprint density at radius 3 is 2.82 bits per heavy atom. The summed E-state index contributed by atoms with van der Waals surface area (Å²) >= 11 is 4.89. The number of anilines is 1. The smallest absolute Gasteiger partial charge is 0.126 e. The van der Waals surface area contributed by atoms with E-state index < -0.39 is 0 Å². The Morgan fingerprint density at radius 2 is 2.24 bits per heavy atom. The molecule has 0 aromatic carbocycles. The fourth-order valence-corrected chi connectivity index (χ4v) is 1.40. The summed E-state index contributed by atoms with van der Waals surface area (Å²) in [7, 11) is 2.10. The van der Waals surface area contributed by atoms with Crippen molar-refractivity contribution in [3.05, 3.63) is 23.9 Å². The van der Waals surface area contributed by atoms with Gasteiger partial charge in [-0.2, -0.15) is 0 Å². The minimum atomic E-state index is 0.327. The highest BCUT2D eigenvalue weighted by molar-refractivity contribution is 7.80. The Hall–Kier alpha value is -1.20. The number of nitrogens with two attached hydrogens (primary N) is 1. The number of aromatic nitrogens is 1. The highest BCUT2D eigenvalue weighted by Gasteiger charge is 2.03. The van der Waals surface area contributed by atoms with E-state index in [0.717, 1.165) is 18.9 Å². The molecule has 1 heterocycles. The van der Waals surface area contributed by atoms with Crippen molar-refractivity contribution in [1.29, 1.82) is 0 Å². The van der Waals surface area contributed by atoms with Gasteiger partial charge < -0.3 is 16.0 Å². The first-order chi connectivity index (χ1) is 8.00. The third-order valence-corrected chi connectivity index (χ3v) is 2.86. The van der Waals surface area contributed by atoms with Crippen molar-refractivity contribution in [2.45, 2.75) is 19.9 Å². The standard InChI is InChI=1S/C12H20N4S/c1-9(2)16(3)8-7-14-11-6-4-5-10(15-11)12(13)17/h4-6,9H,7-8H2,1-3H3,(H2,13,17)(H,14,15). The van der Waals surface area contributed by atoms with E-state index in [-0.39, 0.29) is 0 Å². The number of rotatable bonds is 6. The Morgan fingerprint density at radius 1 is 1.53 bits per heavy atom. The van der Waals surface area contributed by atoms with Gasteiger partial charge in [0.2, 0.25) is 0 Å². The maximum Gasteiger partial charge on any atom is 0.126 e. The van der Waals surface area contributed by atoms with Crippen LogP contribution in [-0.2, 0) is 0 Å². The van der Waals surface area contributed by atoms with E-state index in [1.165, 1.54) is 0 Å². The molecule has 0 aliphatic heterocycles. The third kappa shape index (κ3) is 4.66. The topological polar surface area (TPSA) is 54.2 Å². The summed E-state index contributed by atoms with van der Waals surface area (Å²) in [5.41, 5.74) is 6.19. The lowest BCUT2D eigenvalue weighted by atomic mass is 10.3. The number of thiocarbonyl (C=S) groups is 1. The lowest BCUT2D eigenvalue weighted by Gasteiger charge is -2.21.